The molecule has 3 rings (SSSR count). The number of nitrogens with zero attached hydrogens (tertiary/aromatic N) is 2. The van der Waals surface area contributed by atoms with Gasteiger partial charge in [0.25, 0.3) is 0 Å². The van der Waals surface area contributed by atoms with Gasteiger partial charge in [0.05, 0.1) is 24.1 Å². The van der Waals surface area contributed by atoms with Crippen LogP contribution in [-0.4, -0.2) is 32.1 Å². The summed E-state index contributed by atoms with van der Waals surface area (Å²) in [5.74, 6) is -0.109. The third-order valence-electron chi connectivity index (χ3n) is 4.65. The van der Waals surface area contributed by atoms with Crippen LogP contribution in [0.15, 0.2) is 53.9 Å². The molecule has 8 heteroatoms. The van der Waals surface area contributed by atoms with Crippen LogP contribution < -0.4 is 9.62 Å². The van der Waals surface area contributed by atoms with Gasteiger partial charge < -0.3 is 5.32 Å². The summed E-state index contributed by atoms with van der Waals surface area (Å²) in [5.41, 5.74) is 4.26. The molecule has 6 nitrogen and oxygen atoms in total. The van der Waals surface area contributed by atoms with Crippen molar-refractivity contribution in [3.63, 3.8) is 0 Å². The lowest BCUT2D eigenvalue weighted by Crippen LogP contribution is -2.29. The Labute approximate surface area is 181 Å². The van der Waals surface area contributed by atoms with Crippen molar-refractivity contribution in [1.29, 1.82) is 0 Å². The number of hydrogen-bond acceptors (Lipinski definition) is 5. The summed E-state index contributed by atoms with van der Waals surface area (Å²) in [7, 11) is -3.31. The predicted molar refractivity (Wildman–Crippen MR) is 124 cm³/mol. The van der Waals surface area contributed by atoms with E-state index in [1.165, 1.54) is 27.5 Å². The molecular formula is C22H25N3O3S2. The first-order valence-electron chi connectivity index (χ1n) is 9.71. The van der Waals surface area contributed by atoms with Gasteiger partial charge in [0.1, 0.15) is 5.01 Å². The van der Waals surface area contributed by atoms with E-state index in [9.17, 15) is 13.2 Å². The summed E-state index contributed by atoms with van der Waals surface area (Å²) in [6.07, 6.45) is 2.36. The molecular weight excluding hydrogens is 418 g/mol. The number of aryl methyl sites for hydroxylation is 1. The molecule has 158 valence electrons. The number of benzene rings is 2. The van der Waals surface area contributed by atoms with Crippen LogP contribution in [-0.2, 0) is 27.7 Å². The second-order valence-corrected chi connectivity index (χ2v) is 9.73. The van der Waals surface area contributed by atoms with Gasteiger partial charge in [-0.1, -0.05) is 31.2 Å². The molecule has 2 aromatic carbocycles. The second-order valence-electron chi connectivity index (χ2n) is 6.88. The maximum Gasteiger partial charge on any atom is 0.232 e. The van der Waals surface area contributed by atoms with Gasteiger partial charge in [0.15, 0.2) is 0 Å². The number of nitrogens with one attached hydrogen (secondary N) is 1. The first-order chi connectivity index (χ1) is 14.3. The van der Waals surface area contributed by atoms with Crippen molar-refractivity contribution in [2.75, 3.05) is 22.4 Å². The molecule has 0 unspecified atom stereocenters. The normalized spacial score (nSPS) is 11.3. The van der Waals surface area contributed by atoms with Crippen molar-refractivity contribution >= 4 is 38.6 Å². The zero-order valence-electron chi connectivity index (χ0n) is 17.3. The number of amides is 1. The largest absolute Gasteiger partial charge is 0.326 e. The lowest BCUT2D eigenvalue weighted by Gasteiger charge is -2.20. The molecule has 3 aromatic rings. The van der Waals surface area contributed by atoms with Gasteiger partial charge in [-0.3, -0.25) is 9.10 Å². The van der Waals surface area contributed by atoms with Crippen molar-refractivity contribution in [3.8, 4) is 11.3 Å². The van der Waals surface area contributed by atoms with Gasteiger partial charge in [-0.2, -0.15) is 0 Å². The average Bonchev–Trinajstić information content (AvgIpc) is 3.17. The Morgan fingerprint density at radius 3 is 2.30 bits per heavy atom. The Morgan fingerprint density at radius 2 is 1.73 bits per heavy atom. The van der Waals surface area contributed by atoms with E-state index in [0.29, 0.717) is 12.2 Å². The predicted octanol–water partition coefficient (Wildman–Crippen LogP) is 4.34. The zero-order valence-corrected chi connectivity index (χ0v) is 18.9. The zero-order chi connectivity index (χ0) is 21.7. The summed E-state index contributed by atoms with van der Waals surface area (Å²) in [5, 5.41) is 5.53. The number of thiazole rings is 1. The molecule has 1 aromatic heterocycles. The number of rotatable bonds is 8. The van der Waals surface area contributed by atoms with Crippen molar-refractivity contribution in [3.05, 3.63) is 64.5 Å². The van der Waals surface area contributed by atoms with Crippen LogP contribution >= 0.6 is 11.3 Å². The molecule has 0 saturated heterocycles. The Kier molecular flexibility index (Phi) is 6.89. The van der Waals surface area contributed by atoms with Gasteiger partial charge >= 0.3 is 0 Å². The molecule has 0 aliphatic carbocycles. The van der Waals surface area contributed by atoms with Gasteiger partial charge in [-0.25, -0.2) is 13.4 Å². The summed E-state index contributed by atoms with van der Waals surface area (Å²) in [6, 6.07) is 15.0. The number of carbonyl (C=O) groups is 1. The highest BCUT2D eigenvalue weighted by Crippen LogP contribution is 2.26. The molecule has 1 heterocycles. The molecule has 0 bridgehead atoms. The van der Waals surface area contributed by atoms with Crippen LogP contribution in [0.1, 0.15) is 24.4 Å². The molecule has 0 aliphatic rings. The molecule has 0 atom stereocenters. The summed E-state index contributed by atoms with van der Waals surface area (Å²) in [6.45, 7) is 4.26. The molecule has 1 amide bonds. The smallest absolute Gasteiger partial charge is 0.232 e. The van der Waals surface area contributed by atoms with E-state index in [4.69, 9.17) is 0 Å². The van der Waals surface area contributed by atoms with E-state index in [-0.39, 0.29) is 12.3 Å². The van der Waals surface area contributed by atoms with Crippen LogP contribution in [0, 0.1) is 0 Å². The molecule has 0 fully saturated rings. The molecule has 0 radical (unpaired) electrons. The fourth-order valence-corrected chi connectivity index (χ4v) is 4.87. The highest BCUT2D eigenvalue weighted by molar-refractivity contribution is 7.92. The summed E-state index contributed by atoms with van der Waals surface area (Å²) < 4.78 is 25.1. The van der Waals surface area contributed by atoms with Crippen molar-refractivity contribution < 1.29 is 13.2 Å². The Balaban J connectivity index is 1.66. The summed E-state index contributed by atoms with van der Waals surface area (Å²) in [4.78, 5) is 16.9. The third kappa shape index (κ3) is 5.46. The van der Waals surface area contributed by atoms with Gasteiger partial charge in [0.2, 0.25) is 15.9 Å². The molecule has 1 N–H and O–H groups in total. The minimum atomic E-state index is -3.31. The van der Waals surface area contributed by atoms with Gasteiger partial charge in [-0.05, 0) is 43.2 Å². The number of anilines is 2. The molecule has 30 heavy (non-hydrogen) atoms. The quantitative estimate of drug-likeness (QED) is 0.562. The SMILES string of the molecule is CCc1ccc(NC(=O)Cc2nc(-c3ccc(N(CC)S(C)(=O)=O)cc3)cs2)cc1. The first kappa shape index (κ1) is 22.0. The van der Waals surface area contributed by atoms with Crippen LogP contribution in [0.2, 0.25) is 0 Å². The van der Waals surface area contributed by atoms with Crippen LogP contribution in [0.4, 0.5) is 11.4 Å². The number of sulfonamides is 1. The number of aromatic nitrogens is 1. The van der Waals surface area contributed by atoms with E-state index in [1.807, 2.05) is 41.8 Å². The maximum atomic E-state index is 12.3. The molecule has 0 saturated carbocycles. The van der Waals surface area contributed by atoms with Crippen molar-refractivity contribution in [1.82, 2.24) is 4.98 Å². The standard InChI is InChI=1S/C22H25N3O3S2/c1-4-16-6-10-18(11-7-16)23-21(26)14-22-24-20(15-29-22)17-8-12-19(13-9-17)25(5-2)30(3,27)28/h6-13,15H,4-5,14H2,1-3H3,(H,23,26). The van der Waals surface area contributed by atoms with E-state index in [2.05, 4.69) is 17.2 Å². The molecule has 0 spiro atoms. The number of hydrogen-bond donors (Lipinski definition) is 1. The van der Waals surface area contributed by atoms with Gasteiger partial charge in [0, 0.05) is 23.2 Å². The van der Waals surface area contributed by atoms with Crippen LogP contribution in [0.25, 0.3) is 11.3 Å². The van der Waals surface area contributed by atoms with Crippen molar-refractivity contribution in [2.45, 2.75) is 26.7 Å². The fourth-order valence-electron chi connectivity index (χ4n) is 3.10. The fraction of sp³-hybridized carbons (Fsp3) is 0.273. The van der Waals surface area contributed by atoms with E-state index in [1.54, 1.807) is 19.1 Å². The van der Waals surface area contributed by atoms with Crippen LogP contribution in [0.5, 0.6) is 0 Å². The lowest BCUT2D eigenvalue weighted by atomic mass is 10.1. The third-order valence-corrected chi connectivity index (χ3v) is 6.77. The van der Waals surface area contributed by atoms with E-state index < -0.39 is 10.0 Å². The highest BCUT2D eigenvalue weighted by atomic mass is 32.2. The highest BCUT2D eigenvalue weighted by Gasteiger charge is 2.15. The maximum absolute atomic E-state index is 12.3. The van der Waals surface area contributed by atoms with Gasteiger partial charge in [-0.15, -0.1) is 11.3 Å². The van der Waals surface area contributed by atoms with E-state index in [0.717, 1.165) is 28.4 Å². The summed E-state index contributed by atoms with van der Waals surface area (Å²) >= 11 is 1.43. The topological polar surface area (TPSA) is 79.4 Å². The second kappa shape index (κ2) is 9.40. The minimum Gasteiger partial charge on any atom is -0.326 e. The number of carbonyl (C=O) groups excluding carboxylic acids is 1. The Morgan fingerprint density at radius 1 is 1.07 bits per heavy atom. The average molecular weight is 444 g/mol. The Bertz CT molecular complexity index is 1110. The monoisotopic (exact) mass is 443 g/mol. The molecule has 0 aliphatic heterocycles. The first-order valence-corrected chi connectivity index (χ1v) is 12.4. The van der Waals surface area contributed by atoms with Crippen molar-refractivity contribution in [2.24, 2.45) is 0 Å². The minimum absolute atomic E-state index is 0.109. The van der Waals surface area contributed by atoms with E-state index >= 15 is 0 Å². The van der Waals surface area contributed by atoms with Crippen LogP contribution in [0.3, 0.4) is 0 Å². The lowest BCUT2D eigenvalue weighted by molar-refractivity contribution is -0.115. The Hall–Kier alpha value is -2.71.